The lowest BCUT2D eigenvalue weighted by atomic mass is 9.85. The summed E-state index contributed by atoms with van der Waals surface area (Å²) in [5.41, 5.74) is 0.524. The maximum atomic E-state index is 12.3. The molecule has 0 aromatic heterocycles. The molecule has 0 amide bonds. The summed E-state index contributed by atoms with van der Waals surface area (Å²) in [5, 5.41) is 3.22. The van der Waals surface area contributed by atoms with Crippen molar-refractivity contribution in [2.75, 3.05) is 7.05 Å². The summed E-state index contributed by atoms with van der Waals surface area (Å²) in [6.45, 7) is 1.89. The van der Waals surface area contributed by atoms with Crippen molar-refractivity contribution in [3.05, 3.63) is 29.8 Å². The van der Waals surface area contributed by atoms with Gasteiger partial charge in [-0.2, -0.15) is 13.2 Å². The highest BCUT2D eigenvalue weighted by molar-refractivity contribution is 5.38. The first-order valence-electron chi connectivity index (χ1n) is 6.85. The first-order valence-corrected chi connectivity index (χ1v) is 6.85. The zero-order chi connectivity index (χ0) is 14.8. The molecule has 2 nitrogen and oxygen atoms in total. The number of alkyl halides is 3. The van der Waals surface area contributed by atoms with E-state index in [9.17, 15) is 13.2 Å². The molecule has 1 heterocycles. The number of hydrogen-bond acceptors (Lipinski definition) is 2. The molecule has 0 aliphatic carbocycles. The number of ether oxygens (including phenoxy) is 1. The van der Waals surface area contributed by atoms with Crippen LogP contribution < -0.4 is 10.1 Å². The predicted octanol–water partition coefficient (Wildman–Crippen LogP) is 4.22. The standard InChI is InChI=1S/C15H20F3NO/c1-14(8-5-9-15(16,17)18)10-12(19-2)11-6-3-4-7-13(11)20-14/h3-4,6-7,12,19H,5,8-10H2,1-2H3. The van der Waals surface area contributed by atoms with Crippen molar-refractivity contribution in [3.8, 4) is 5.75 Å². The number of fused-ring (bicyclic) bond motifs is 1. The fourth-order valence-electron chi connectivity index (χ4n) is 2.78. The molecule has 0 saturated heterocycles. The van der Waals surface area contributed by atoms with Crippen molar-refractivity contribution < 1.29 is 17.9 Å². The summed E-state index contributed by atoms with van der Waals surface area (Å²) in [4.78, 5) is 0. The molecule has 1 aromatic rings. The Labute approximate surface area is 117 Å². The lowest BCUT2D eigenvalue weighted by Gasteiger charge is -2.40. The Balaban J connectivity index is 2.07. The van der Waals surface area contributed by atoms with E-state index in [0.717, 1.165) is 11.3 Å². The maximum Gasteiger partial charge on any atom is 0.389 e. The third kappa shape index (κ3) is 3.66. The fraction of sp³-hybridized carbons (Fsp3) is 0.600. The topological polar surface area (TPSA) is 21.3 Å². The van der Waals surface area contributed by atoms with E-state index < -0.39 is 18.2 Å². The molecule has 0 radical (unpaired) electrons. The quantitative estimate of drug-likeness (QED) is 0.895. The number of hydrogen-bond donors (Lipinski definition) is 1. The number of rotatable bonds is 4. The second kappa shape index (κ2) is 5.64. The Morgan fingerprint density at radius 1 is 1.35 bits per heavy atom. The third-order valence-electron chi connectivity index (χ3n) is 3.80. The highest BCUT2D eigenvalue weighted by atomic mass is 19.4. The Morgan fingerprint density at radius 2 is 2.05 bits per heavy atom. The Hall–Kier alpha value is -1.23. The molecule has 112 valence electrons. The van der Waals surface area contributed by atoms with Crippen LogP contribution in [0.25, 0.3) is 0 Å². The van der Waals surface area contributed by atoms with Gasteiger partial charge in [0.25, 0.3) is 0 Å². The summed E-state index contributed by atoms with van der Waals surface area (Å²) in [6, 6.07) is 7.81. The first kappa shape index (κ1) is 15.2. The van der Waals surface area contributed by atoms with Crippen molar-refractivity contribution in [2.24, 2.45) is 0 Å². The van der Waals surface area contributed by atoms with Gasteiger partial charge < -0.3 is 10.1 Å². The lowest BCUT2D eigenvalue weighted by Crippen LogP contribution is -2.41. The van der Waals surface area contributed by atoms with Crippen LogP contribution in [0.5, 0.6) is 5.75 Å². The van der Waals surface area contributed by atoms with Gasteiger partial charge in [0.05, 0.1) is 0 Å². The minimum Gasteiger partial charge on any atom is -0.487 e. The van der Waals surface area contributed by atoms with E-state index in [2.05, 4.69) is 5.32 Å². The first-order chi connectivity index (χ1) is 9.33. The van der Waals surface area contributed by atoms with E-state index >= 15 is 0 Å². The van der Waals surface area contributed by atoms with Crippen LogP contribution in [0.15, 0.2) is 24.3 Å². The molecule has 0 fully saturated rings. The van der Waals surface area contributed by atoms with Crippen molar-refractivity contribution in [1.82, 2.24) is 5.32 Å². The lowest BCUT2D eigenvalue weighted by molar-refractivity contribution is -0.137. The summed E-state index contributed by atoms with van der Waals surface area (Å²) in [7, 11) is 1.86. The fourth-order valence-corrected chi connectivity index (χ4v) is 2.78. The van der Waals surface area contributed by atoms with E-state index in [-0.39, 0.29) is 12.5 Å². The third-order valence-corrected chi connectivity index (χ3v) is 3.80. The Morgan fingerprint density at radius 3 is 2.70 bits per heavy atom. The van der Waals surface area contributed by atoms with E-state index in [1.807, 2.05) is 38.2 Å². The largest absolute Gasteiger partial charge is 0.487 e. The van der Waals surface area contributed by atoms with Crippen molar-refractivity contribution >= 4 is 0 Å². The highest BCUT2D eigenvalue weighted by Gasteiger charge is 2.37. The molecule has 0 spiro atoms. The van der Waals surface area contributed by atoms with Gasteiger partial charge in [0, 0.05) is 24.4 Å². The van der Waals surface area contributed by atoms with Gasteiger partial charge in [-0.3, -0.25) is 0 Å². The van der Waals surface area contributed by atoms with Crippen molar-refractivity contribution in [3.63, 3.8) is 0 Å². The molecule has 2 atom stereocenters. The molecule has 20 heavy (non-hydrogen) atoms. The van der Waals surface area contributed by atoms with Gasteiger partial charge in [0.1, 0.15) is 11.4 Å². The van der Waals surface area contributed by atoms with Crippen molar-refractivity contribution in [1.29, 1.82) is 0 Å². The molecule has 1 aromatic carbocycles. The second-order valence-corrected chi connectivity index (χ2v) is 5.60. The minimum absolute atomic E-state index is 0.0958. The zero-order valence-corrected chi connectivity index (χ0v) is 11.8. The normalized spacial score (nSPS) is 25.9. The van der Waals surface area contributed by atoms with Crippen LogP contribution in [0.1, 0.15) is 44.2 Å². The van der Waals surface area contributed by atoms with Crippen molar-refractivity contribution in [2.45, 2.75) is 50.4 Å². The monoisotopic (exact) mass is 287 g/mol. The number of para-hydroxylation sites is 1. The molecule has 0 saturated carbocycles. The molecule has 2 unspecified atom stereocenters. The van der Waals surface area contributed by atoms with Gasteiger partial charge in [-0.25, -0.2) is 0 Å². The molecule has 1 N–H and O–H groups in total. The van der Waals surface area contributed by atoms with E-state index in [1.54, 1.807) is 0 Å². The van der Waals surface area contributed by atoms with Crippen LogP contribution in [0, 0.1) is 0 Å². The van der Waals surface area contributed by atoms with Crippen LogP contribution in [-0.4, -0.2) is 18.8 Å². The molecule has 0 bridgehead atoms. The molecule has 1 aliphatic rings. The SMILES string of the molecule is CNC1CC(C)(CCCC(F)(F)F)Oc2ccccc21. The molecular formula is C15H20F3NO. The van der Waals surface area contributed by atoms with Gasteiger partial charge in [-0.05, 0) is 32.9 Å². The number of nitrogens with one attached hydrogen (secondary N) is 1. The van der Waals surface area contributed by atoms with Gasteiger partial charge in [0.15, 0.2) is 0 Å². The Bertz CT molecular complexity index is 461. The average Bonchev–Trinajstić information content (AvgIpc) is 2.35. The zero-order valence-electron chi connectivity index (χ0n) is 11.8. The van der Waals surface area contributed by atoms with Crippen LogP contribution in [0.4, 0.5) is 13.2 Å². The molecular weight excluding hydrogens is 267 g/mol. The van der Waals surface area contributed by atoms with Crippen LogP contribution in [0.2, 0.25) is 0 Å². The summed E-state index contributed by atoms with van der Waals surface area (Å²) < 4.78 is 42.7. The predicted molar refractivity (Wildman–Crippen MR) is 71.8 cm³/mol. The van der Waals surface area contributed by atoms with Gasteiger partial charge >= 0.3 is 6.18 Å². The van der Waals surface area contributed by atoms with Crippen LogP contribution in [-0.2, 0) is 0 Å². The van der Waals surface area contributed by atoms with E-state index in [0.29, 0.717) is 12.8 Å². The maximum absolute atomic E-state index is 12.3. The average molecular weight is 287 g/mol. The summed E-state index contributed by atoms with van der Waals surface area (Å²) in [5.74, 6) is 0.771. The van der Waals surface area contributed by atoms with Gasteiger partial charge in [0.2, 0.25) is 0 Å². The summed E-state index contributed by atoms with van der Waals surface area (Å²) >= 11 is 0. The molecule has 1 aliphatic heterocycles. The molecule has 2 rings (SSSR count). The van der Waals surface area contributed by atoms with E-state index in [4.69, 9.17) is 4.74 Å². The second-order valence-electron chi connectivity index (χ2n) is 5.60. The number of halogens is 3. The molecule has 5 heteroatoms. The Kier molecular flexibility index (Phi) is 4.28. The highest BCUT2D eigenvalue weighted by Crippen LogP contribution is 2.41. The van der Waals surface area contributed by atoms with E-state index in [1.165, 1.54) is 0 Å². The summed E-state index contributed by atoms with van der Waals surface area (Å²) in [6.07, 6.45) is -3.67. The van der Waals surface area contributed by atoms with Crippen LogP contribution >= 0.6 is 0 Å². The van der Waals surface area contributed by atoms with Gasteiger partial charge in [-0.1, -0.05) is 18.2 Å². The van der Waals surface area contributed by atoms with Gasteiger partial charge in [-0.15, -0.1) is 0 Å². The van der Waals surface area contributed by atoms with Crippen LogP contribution in [0.3, 0.4) is 0 Å². The minimum atomic E-state index is -4.09. The smallest absolute Gasteiger partial charge is 0.389 e. The number of benzene rings is 1.